The second-order valence-corrected chi connectivity index (χ2v) is 10.8. The van der Waals surface area contributed by atoms with Gasteiger partial charge in [0.2, 0.25) is 0 Å². The van der Waals surface area contributed by atoms with Crippen molar-refractivity contribution in [2.75, 3.05) is 5.75 Å². The average molecular weight is 429 g/mol. The quantitative estimate of drug-likeness (QED) is 0.750. The number of aliphatic hydroxyl groups is 1. The van der Waals surface area contributed by atoms with E-state index in [9.17, 15) is 23.1 Å². The van der Waals surface area contributed by atoms with Gasteiger partial charge in [-0.3, -0.25) is 9.59 Å². The third kappa shape index (κ3) is 2.47. The summed E-state index contributed by atoms with van der Waals surface area (Å²) in [7, 11) is -4.33. The lowest BCUT2D eigenvalue weighted by molar-refractivity contribution is -0.0210. The molecule has 0 aromatic heterocycles. The van der Waals surface area contributed by atoms with E-state index in [2.05, 4.69) is 0 Å². The zero-order valence-electron chi connectivity index (χ0n) is 16.8. The molecule has 3 aliphatic rings. The standard InChI is InChI=1S/C22H23NO6S/c1-21(2)14-9-10-22(21,17(24)11-14)12-30(27,28)29-23-19(25)15-7-3-5-13-6-4-8-16(18(13)15)20(23)26/h3-8,14,17,24H,9-12H2,1-2H3. The first kappa shape index (κ1) is 19.7. The molecule has 0 saturated heterocycles. The average Bonchev–Trinajstić information content (AvgIpc) is 3.03. The molecular weight excluding hydrogens is 406 g/mol. The molecule has 1 N–H and O–H groups in total. The minimum atomic E-state index is -4.33. The third-order valence-electron chi connectivity index (χ3n) is 7.75. The van der Waals surface area contributed by atoms with Crippen LogP contribution in [0.2, 0.25) is 0 Å². The van der Waals surface area contributed by atoms with Gasteiger partial charge in [-0.05, 0) is 48.1 Å². The molecular formula is C22H23NO6S. The molecule has 2 amide bonds. The SMILES string of the molecule is CC1(C)C2CCC1(CS(=O)(=O)ON1C(=O)c3cccc4cccc(c34)C1=O)C(O)C2. The number of aliphatic hydroxyl groups excluding tert-OH is 1. The number of carbonyl (C=O) groups excluding carboxylic acids is 2. The second kappa shape index (κ2) is 6.12. The van der Waals surface area contributed by atoms with Gasteiger partial charge in [0.25, 0.3) is 21.9 Å². The van der Waals surface area contributed by atoms with Crippen molar-refractivity contribution in [3.63, 3.8) is 0 Å². The van der Waals surface area contributed by atoms with Crippen LogP contribution in [0.1, 0.15) is 53.8 Å². The van der Waals surface area contributed by atoms with Crippen molar-refractivity contribution in [3.8, 4) is 0 Å². The number of hydroxylamine groups is 2. The van der Waals surface area contributed by atoms with E-state index in [0.29, 0.717) is 23.3 Å². The molecule has 0 spiro atoms. The van der Waals surface area contributed by atoms with E-state index < -0.39 is 39.2 Å². The normalized spacial score (nSPS) is 29.8. The van der Waals surface area contributed by atoms with Gasteiger partial charge in [-0.15, -0.1) is 9.35 Å². The minimum absolute atomic E-state index is 0.221. The molecule has 2 aliphatic carbocycles. The lowest BCUT2D eigenvalue weighted by Gasteiger charge is -2.40. The maximum Gasteiger partial charge on any atom is 0.289 e. The van der Waals surface area contributed by atoms with Gasteiger partial charge < -0.3 is 5.11 Å². The van der Waals surface area contributed by atoms with Crippen LogP contribution in [0.4, 0.5) is 0 Å². The number of hydrogen-bond donors (Lipinski definition) is 1. The first-order valence-electron chi connectivity index (χ1n) is 10.1. The molecule has 3 unspecified atom stereocenters. The molecule has 0 radical (unpaired) electrons. The number of amides is 2. The lowest BCUT2D eigenvalue weighted by Crippen LogP contribution is -2.48. The Morgan fingerprint density at radius 1 is 1.10 bits per heavy atom. The summed E-state index contributed by atoms with van der Waals surface area (Å²) < 4.78 is 31.2. The number of rotatable bonds is 4. The summed E-state index contributed by atoms with van der Waals surface area (Å²) in [4.78, 5) is 25.9. The van der Waals surface area contributed by atoms with Gasteiger partial charge in [0.15, 0.2) is 0 Å². The number of carbonyl (C=O) groups is 2. The van der Waals surface area contributed by atoms with Crippen LogP contribution in [-0.2, 0) is 14.4 Å². The fourth-order valence-corrected chi connectivity index (χ4v) is 7.67. The summed E-state index contributed by atoms with van der Waals surface area (Å²) in [5.74, 6) is -1.81. The Bertz CT molecular complexity index is 1150. The number of imide groups is 1. The maximum absolute atomic E-state index is 13.0. The van der Waals surface area contributed by atoms with E-state index in [0.717, 1.165) is 11.8 Å². The molecule has 1 aliphatic heterocycles. The Labute approximate surface area is 174 Å². The van der Waals surface area contributed by atoms with Crippen molar-refractivity contribution in [1.29, 1.82) is 0 Å². The van der Waals surface area contributed by atoms with Gasteiger partial charge in [0.05, 0.1) is 23.0 Å². The molecule has 8 heteroatoms. The number of benzene rings is 2. The molecule has 2 bridgehead atoms. The number of fused-ring (bicyclic) bond motifs is 2. The van der Waals surface area contributed by atoms with Gasteiger partial charge in [0, 0.05) is 10.8 Å². The Morgan fingerprint density at radius 3 is 2.20 bits per heavy atom. The van der Waals surface area contributed by atoms with Gasteiger partial charge >= 0.3 is 0 Å². The highest BCUT2D eigenvalue weighted by Crippen LogP contribution is 2.66. The Morgan fingerprint density at radius 2 is 1.70 bits per heavy atom. The van der Waals surface area contributed by atoms with Gasteiger partial charge in [0.1, 0.15) is 0 Å². The fraction of sp³-hybridized carbons (Fsp3) is 0.455. The van der Waals surface area contributed by atoms with Crippen molar-refractivity contribution in [3.05, 3.63) is 47.5 Å². The van der Waals surface area contributed by atoms with E-state index in [4.69, 9.17) is 4.28 Å². The third-order valence-corrected chi connectivity index (χ3v) is 8.99. The molecule has 2 saturated carbocycles. The number of nitrogens with zero attached hydrogens (tertiary/aromatic N) is 1. The van der Waals surface area contributed by atoms with E-state index in [1.807, 2.05) is 13.8 Å². The molecule has 158 valence electrons. The van der Waals surface area contributed by atoms with Gasteiger partial charge in [-0.25, -0.2) is 0 Å². The summed E-state index contributed by atoms with van der Waals surface area (Å²) in [5.41, 5.74) is -0.788. The monoisotopic (exact) mass is 429 g/mol. The van der Waals surface area contributed by atoms with E-state index in [1.165, 1.54) is 0 Å². The smallest absolute Gasteiger partial charge is 0.289 e. The zero-order chi connectivity index (χ0) is 21.5. The minimum Gasteiger partial charge on any atom is -0.392 e. The van der Waals surface area contributed by atoms with Crippen LogP contribution >= 0.6 is 0 Å². The molecule has 1 heterocycles. The maximum atomic E-state index is 13.0. The van der Waals surface area contributed by atoms with Crippen LogP contribution in [0, 0.1) is 16.7 Å². The molecule has 2 fully saturated rings. The summed E-state index contributed by atoms with van der Waals surface area (Å²) in [6.07, 6.45) is 1.21. The first-order valence-corrected chi connectivity index (χ1v) is 11.7. The van der Waals surface area contributed by atoms with Crippen LogP contribution < -0.4 is 0 Å². The van der Waals surface area contributed by atoms with E-state index in [1.54, 1.807) is 36.4 Å². The predicted octanol–water partition coefficient (Wildman–Crippen LogP) is 2.88. The van der Waals surface area contributed by atoms with E-state index >= 15 is 0 Å². The van der Waals surface area contributed by atoms with E-state index in [-0.39, 0.29) is 22.5 Å². The molecule has 7 nitrogen and oxygen atoms in total. The van der Waals surface area contributed by atoms with Crippen molar-refractivity contribution < 1.29 is 27.4 Å². The molecule has 2 aromatic rings. The number of hydrogen-bond acceptors (Lipinski definition) is 6. The first-order chi connectivity index (χ1) is 14.1. The fourth-order valence-electron chi connectivity index (χ4n) is 5.91. The van der Waals surface area contributed by atoms with Crippen molar-refractivity contribution in [2.24, 2.45) is 16.7 Å². The van der Waals surface area contributed by atoms with Crippen LogP contribution in [-0.4, -0.2) is 42.3 Å². The summed E-state index contributed by atoms with van der Waals surface area (Å²) >= 11 is 0. The summed E-state index contributed by atoms with van der Waals surface area (Å²) in [6, 6.07) is 10.0. The summed E-state index contributed by atoms with van der Waals surface area (Å²) in [6.45, 7) is 3.95. The molecule has 5 rings (SSSR count). The van der Waals surface area contributed by atoms with Crippen molar-refractivity contribution in [2.45, 2.75) is 39.2 Å². The molecule has 30 heavy (non-hydrogen) atoms. The largest absolute Gasteiger partial charge is 0.392 e. The van der Waals surface area contributed by atoms with Crippen LogP contribution in [0.3, 0.4) is 0 Å². The predicted molar refractivity (Wildman–Crippen MR) is 109 cm³/mol. The Hall–Kier alpha value is -2.29. The van der Waals surface area contributed by atoms with Crippen molar-refractivity contribution >= 4 is 32.7 Å². The second-order valence-electron chi connectivity index (χ2n) is 9.26. The lowest BCUT2D eigenvalue weighted by atomic mass is 9.70. The van der Waals surface area contributed by atoms with Crippen LogP contribution in [0.25, 0.3) is 10.8 Å². The van der Waals surface area contributed by atoms with Crippen molar-refractivity contribution in [1.82, 2.24) is 5.06 Å². The Balaban J connectivity index is 1.49. The van der Waals surface area contributed by atoms with Gasteiger partial charge in [-0.1, -0.05) is 38.1 Å². The topological polar surface area (TPSA) is 101 Å². The molecule has 3 atom stereocenters. The van der Waals surface area contributed by atoms with Crippen LogP contribution in [0.15, 0.2) is 36.4 Å². The van der Waals surface area contributed by atoms with Crippen LogP contribution in [0.5, 0.6) is 0 Å². The zero-order valence-corrected chi connectivity index (χ0v) is 17.6. The highest BCUT2D eigenvalue weighted by Gasteiger charge is 2.65. The summed E-state index contributed by atoms with van der Waals surface area (Å²) in [5, 5.41) is 12.2. The highest BCUT2D eigenvalue weighted by molar-refractivity contribution is 7.86. The molecule has 2 aromatic carbocycles. The Kier molecular flexibility index (Phi) is 4.01. The highest BCUT2D eigenvalue weighted by atomic mass is 32.2. The van der Waals surface area contributed by atoms with Gasteiger partial charge in [-0.2, -0.15) is 8.42 Å².